The second-order valence-corrected chi connectivity index (χ2v) is 7.00. The lowest BCUT2D eigenvalue weighted by Crippen LogP contribution is -2.33. The lowest BCUT2D eigenvalue weighted by molar-refractivity contribution is -0.115. The number of nitrogens with one attached hydrogen (secondary N) is 1. The van der Waals surface area contributed by atoms with Crippen molar-refractivity contribution in [3.63, 3.8) is 0 Å². The summed E-state index contributed by atoms with van der Waals surface area (Å²) in [7, 11) is -3.56. The second-order valence-electron chi connectivity index (χ2n) is 3.85. The van der Waals surface area contributed by atoms with Gasteiger partial charge in [0.2, 0.25) is 5.91 Å². The van der Waals surface area contributed by atoms with Crippen molar-refractivity contribution >= 4 is 44.6 Å². The van der Waals surface area contributed by atoms with Crippen molar-refractivity contribution in [2.45, 2.75) is 12.2 Å². The summed E-state index contributed by atoms with van der Waals surface area (Å²) in [4.78, 5) is 11.9. The predicted octanol–water partition coefficient (Wildman–Crippen LogP) is 2.92. The fraction of sp³-hybridized carbons (Fsp3) is 0.250. The van der Waals surface area contributed by atoms with E-state index >= 15 is 0 Å². The van der Waals surface area contributed by atoms with Crippen LogP contribution in [-0.4, -0.2) is 25.3 Å². The van der Waals surface area contributed by atoms with Crippen LogP contribution in [0.15, 0.2) is 30.9 Å². The van der Waals surface area contributed by atoms with Crippen molar-refractivity contribution < 1.29 is 13.2 Å². The minimum atomic E-state index is -3.56. The highest BCUT2D eigenvalue weighted by molar-refractivity contribution is 7.92. The van der Waals surface area contributed by atoms with Crippen LogP contribution in [0.2, 0.25) is 10.0 Å². The zero-order valence-electron chi connectivity index (χ0n) is 10.2. The van der Waals surface area contributed by atoms with Crippen LogP contribution in [0.1, 0.15) is 6.92 Å². The first kappa shape index (κ1) is 16.0. The zero-order chi connectivity index (χ0) is 14.6. The van der Waals surface area contributed by atoms with Crippen LogP contribution in [0, 0.1) is 0 Å². The van der Waals surface area contributed by atoms with Crippen LogP contribution in [0.4, 0.5) is 5.69 Å². The summed E-state index contributed by atoms with van der Waals surface area (Å²) in [5.74, 6) is -0.920. The average molecular weight is 322 g/mol. The lowest BCUT2D eigenvalue weighted by Gasteiger charge is -2.13. The monoisotopic (exact) mass is 321 g/mol. The van der Waals surface area contributed by atoms with E-state index in [1.54, 1.807) is 18.2 Å². The maximum atomic E-state index is 11.9. The smallest absolute Gasteiger partial charge is 0.242 e. The molecule has 0 saturated carbocycles. The molecule has 0 aliphatic carbocycles. The van der Waals surface area contributed by atoms with Gasteiger partial charge in [-0.2, -0.15) is 0 Å². The number of carbonyl (C=O) groups excluding carboxylic acids is 1. The summed E-state index contributed by atoms with van der Waals surface area (Å²) in [6.45, 7) is 4.66. The van der Waals surface area contributed by atoms with Gasteiger partial charge in [0.1, 0.15) is 5.25 Å². The van der Waals surface area contributed by atoms with Crippen LogP contribution in [-0.2, 0) is 14.6 Å². The number of anilines is 1. The molecular formula is C12H13Cl2NO3S. The molecule has 4 nitrogen and oxygen atoms in total. The van der Waals surface area contributed by atoms with Gasteiger partial charge in [-0.3, -0.25) is 4.79 Å². The van der Waals surface area contributed by atoms with E-state index in [2.05, 4.69) is 11.9 Å². The third kappa shape index (κ3) is 3.96. The quantitative estimate of drug-likeness (QED) is 0.848. The minimum Gasteiger partial charge on any atom is -0.324 e. The molecule has 1 atom stereocenters. The summed E-state index contributed by atoms with van der Waals surface area (Å²) >= 11 is 11.7. The molecule has 1 unspecified atom stereocenters. The zero-order valence-corrected chi connectivity index (χ0v) is 12.5. The maximum absolute atomic E-state index is 11.9. The molecule has 0 radical (unpaired) electrons. The molecular weight excluding hydrogens is 309 g/mol. The Hall–Kier alpha value is -1.04. The Morgan fingerprint density at radius 3 is 2.68 bits per heavy atom. The Bertz CT molecular complexity index is 599. The molecule has 104 valence electrons. The average Bonchev–Trinajstić information content (AvgIpc) is 2.33. The third-order valence-corrected chi connectivity index (χ3v) is 5.28. The standard InChI is InChI=1S/C12H13Cl2NO3S/c1-3-7-19(17,18)8(2)12(16)15-10-6-4-5-9(13)11(10)14/h3-6,8H,1,7H2,2H3,(H,15,16). The van der Waals surface area contributed by atoms with E-state index in [1.807, 2.05) is 0 Å². The lowest BCUT2D eigenvalue weighted by atomic mass is 10.3. The van der Waals surface area contributed by atoms with Crippen LogP contribution in [0.25, 0.3) is 0 Å². The fourth-order valence-electron chi connectivity index (χ4n) is 1.31. The highest BCUT2D eigenvalue weighted by Crippen LogP contribution is 2.29. The van der Waals surface area contributed by atoms with Crippen molar-refractivity contribution in [3.8, 4) is 0 Å². The molecule has 0 bridgehead atoms. The van der Waals surface area contributed by atoms with Crippen molar-refractivity contribution in [2.75, 3.05) is 11.1 Å². The van der Waals surface area contributed by atoms with E-state index < -0.39 is 21.0 Å². The van der Waals surface area contributed by atoms with Crippen LogP contribution >= 0.6 is 23.2 Å². The van der Waals surface area contributed by atoms with Gasteiger partial charge < -0.3 is 5.32 Å². The van der Waals surface area contributed by atoms with Gasteiger partial charge in [-0.25, -0.2) is 8.42 Å². The van der Waals surface area contributed by atoms with Gasteiger partial charge in [0, 0.05) is 0 Å². The molecule has 19 heavy (non-hydrogen) atoms. The SMILES string of the molecule is C=CCS(=O)(=O)C(C)C(=O)Nc1cccc(Cl)c1Cl. The highest BCUT2D eigenvalue weighted by atomic mass is 35.5. The summed E-state index contributed by atoms with van der Waals surface area (Å²) in [6.07, 6.45) is 1.24. The van der Waals surface area contributed by atoms with Gasteiger partial charge in [-0.15, -0.1) is 6.58 Å². The molecule has 1 amide bonds. The molecule has 0 aliphatic heterocycles. The topological polar surface area (TPSA) is 63.2 Å². The number of halogens is 2. The Morgan fingerprint density at radius 1 is 1.47 bits per heavy atom. The van der Waals surface area contributed by atoms with Gasteiger partial charge in [-0.1, -0.05) is 35.3 Å². The van der Waals surface area contributed by atoms with E-state index in [1.165, 1.54) is 13.0 Å². The van der Waals surface area contributed by atoms with Gasteiger partial charge >= 0.3 is 0 Å². The molecule has 7 heteroatoms. The van der Waals surface area contributed by atoms with Gasteiger partial charge in [0.05, 0.1) is 21.5 Å². The molecule has 0 fully saturated rings. The molecule has 1 aromatic rings. The summed E-state index contributed by atoms with van der Waals surface area (Å²) in [6, 6.07) is 4.71. The van der Waals surface area contributed by atoms with Gasteiger partial charge in [0.15, 0.2) is 9.84 Å². The van der Waals surface area contributed by atoms with Crippen LogP contribution in [0.5, 0.6) is 0 Å². The van der Waals surface area contributed by atoms with E-state index in [9.17, 15) is 13.2 Å². The van der Waals surface area contributed by atoms with E-state index in [0.717, 1.165) is 0 Å². The second kappa shape index (κ2) is 6.41. The number of carbonyl (C=O) groups is 1. The Kier molecular flexibility index (Phi) is 5.40. The van der Waals surface area contributed by atoms with Crippen molar-refractivity contribution in [1.82, 2.24) is 0 Å². The van der Waals surface area contributed by atoms with Gasteiger partial charge in [0.25, 0.3) is 0 Å². The highest BCUT2D eigenvalue weighted by Gasteiger charge is 2.27. The predicted molar refractivity (Wildman–Crippen MR) is 78.5 cm³/mol. The van der Waals surface area contributed by atoms with E-state index in [0.29, 0.717) is 0 Å². The van der Waals surface area contributed by atoms with Crippen LogP contribution in [0.3, 0.4) is 0 Å². The van der Waals surface area contributed by atoms with Crippen molar-refractivity contribution in [1.29, 1.82) is 0 Å². The largest absolute Gasteiger partial charge is 0.324 e. The van der Waals surface area contributed by atoms with E-state index in [-0.39, 0.29) is 21.5 Å². The number of hydrogen-bond donors (Lipinski definition) is 1. The molecule has 0 heterocycles. The number of sulfone groups is 1. The first-order valence-corrected chi connectivity index (χ1v) is 7.84. The number of hydrogen-bond acceptors (Lipinski definition) is 3. The molecule has 1 rings (SSSR count). The third-order valence-electron chi connectivity index (χ3n) is 2.47. The summed E-state index contributed by atoms with van der Waals surface area (Å²) in [5, 5.41) is 1.70. The summed E-state index contributed by atoms with van der Waals surface area (Å²) < 4.78 is 23.4. The molecule has 0 aromatic heterocycles. The normalized spacial score (nSPS) is 12.8. The Balaban J connectivity index is 2.91. The van der Waals surface area contributed by atoms with Crippen molar-refractivity contribution in [3.05, 3.63) is 40.9 Å². The number of benzene rings is 1. The van der Waals surface area contributed by atoms with Crippen LogP contribution < -0.4 is 5.32 Å². The summed E-state index contributed by atoms with van der Waals surface area (Å²) in [5.41, 5.74) is 0.278. The molecule has 0 aliphatic rings. The van der Waals surface area contributed by atoms with E-state index in [4.69, 9.17) is 23.2 Å². The maximum Gasteiger partial charge on any atom is 0.242 e. The molecule has 0 saturated heterocycles. The van der Waals surface area contributed by atoms with Gasteiger partial charge in [-0.05, 0) is 19.1 Å². The Morgan fingerprint density at radius 2 is 2.11 bits per heavy atom. The minimum absolute atomic E-state index is 0.172. The first-order valence-electron chi connectivity index (χ1n) is 5.37. The fourth-order valence-corrected chi connectivity index (χ4v) is 2.66. The number of rotatable bonds is 5. The molecule has 1 aromatic carbocycles. The molecule has 0 spiro atoms. The molecule has 1 N–H and O–H groups in total. The Labute approximate surface area is 122 Å². The number of amides is 1. The van der Waals surface area contributed by atoms with Crippen molar-refractivity contribution in [2.24, 2.45) is 0 Å². The first-order chi connectivity index (χ1) is 8.79.